The maximum atomic E-state index is 13.4. The predicted octanol–water partition coefficient (Wildman–Crippen LogP) is 4.80. The highest BCUT2D eigenvalue weighted by Crippen LogP contribution is 2.24. The highest BCUT2D eigenvalue weighted by molar-refractivity contribution is 7.13. The van der Waals surface area contributed by atoms with Gasteiger partial charge in [-0.3, -0.25) is 4.79 Å². The number of carbonyl (C=O) groups is 1. The van der Waals surface area contributed by atoms with Crippen molar-refractivity contribution in [3.8, 4) is 16.6 Å². The average Bonchev–Trinajstić information content (AvgIpc) is 3.16. The van der Waals surface area contributed by atoms with E-state index in [4.69, 9.17) is 5.26 Å². The van der Waals surface area contributed by atoms with E-state index in [0.717, 1.165) is 12.0 Å². The lowest BCUT2D eigenvalue weighted by atomic mass is 10.1. The van der Waals surface area contributed by atoms with Crippen LogP contribution in [0.15, 0.2) is 53.9 Å². The van der Waals surface area contributed by atoms with Crippen LogP contribution in [0, 0.1) is 17.1 Å². The smallest absolute Gasteiger partial charge is 0.228 e. The molecule has 3 aromatic rings. The van der Waals surface area contributed by atoms with Gasteiger partial charge < -0.3 is 4.90 Å². The van der Waals surface area contributed by atoms with Crippen LogP contribution in [0.2, 0.25) is 0 Å². The molecule has 28 heavy (non-hydrogen) atoms. The lowest BCUT2D eigenvalue weighted by molar-refractivity contribution is -0.131. The molecule has 1 heterocycles. The third-order valence-electron chi connectivity index (χ3n) is 4.26. The van der Waals surface area contributed by atoms with Gasteiger partial charge in [0.25, 0.3) is 0 Å². The highest BCUT2D eigenvalue weighted by Gasteiger charge is 2.16. The first kappa shape index (κ1) is 19.7. The minimum absolute atomic E-state index is 0.00213. The molecule has 4 nitrogen and oxygen atoms in total. The van der Waals surface area contributed by atoms with Crippen molar-refractivity contribution in [2.45, 2.75) is 26.3 Å². The summed E-state index contributed by atoms with van der Waals surface area (Å²) in [6, 6.07) is 15.7. The van der Waals surface area contributed by atoms with E-state index in [9.17, 15) is 9.18 Å². The van der Waals surface area contributed by atoms with Gasteiger partial charge in [-0.25, -0.2) is 9.37 Å². The average molecular weight is 393 g/mol. The number of halogens is 1. The van der Waals surface area contributed by atoms with E-state index >= 15 is 0 Å². The fourth-order valence-electron chi connectivity index (χ4n) is 2.88. The van der Waals surface area contributed by atoms with E-state index in [2.05, 4.69) is 11.1 Å². The summed E-state index contributed by atoms with van der Waals surface area (Å²) in [5.74, 6) is -0.302. The predicted molar refractivity (Wildman–Crippen MR) is 108 cm³/mol. The van der Waals surface area contributed by atoms with Gasteiger partial charge in [0.2, 0.25) is 5.91 Å². The van der Waals surface area contributed by atoms with Gasteiger partial charge in [-0.1, -0.05) is 31.2 Å². The van der Waals surface area contributed by atoms with E-state index in [1.807, 2.05) is 35.4 Å². The van der Waals surface area contributed by atoms with Gasteiger partial charge in [-0.05, 0) is 36.2 Å². The van der Waals surface area contributed by atoms with Gasteiger partial charge in [0.15, 0.2) is 0 Å². The van der Waals surface area contributed by atoms with Crippen LogP contribution in [0.5, 0.6) is 0 Å². The Kier molecular flexibility index (Phi) is 6.51. The van der Waals surface area contributed by atoms with Gasteiger partial charge in [0.1, 0.15) is 10.8 Å². The van der Waals surface area contributed by atoms with Crippen LogP contribution < -0.4 is 0 Å². The topological polar surface area (TPSA) is 57.0 Å². The second-order valence-corrected chi connectivity index (χ2v) is 7.31. The number of nitriles is 1. The van der Waals surface area contributed by atoms with Gasteiger partial charge >= 0.3 is 0 Å². The third-order valence-corrected chi connectivity index (χ3v) is 5.20. The van der Waals surface area contributed by atoms with E-state index < -0.39 is 0 Å². The molecule has 0 radical (unpaired) electrons. The molecule has 0 bridgehead atoms. The zero-order valence-electron chi connectivity index (χ0n) is 15.6. The Bertz CT molecular complexity index is 992. The van der Waals surface area contributed by atoms with E-state index in [-0.39, 0.29) is 18.1 Å². The molecule has 0 saturated heterocycles. The zero-order valence-corrected chi connectivity index (χ0v) is 16.4. The Morgan fingerprint density at radius 2 is 2.04 bits per heavy atom. The van der Waals surface area contributed by atoms with Crippen LogP contribution in [-0.2, 0) is 17.8 Å². The molecule has 6 heteroatoms. The molecule has 0 aliphatic carbocycles. The maximum absolute atomic E-state index is 13.4. The number of benzene rings is 2. The van der Waals surface area contributed by atoms with Crippen LogP contribution >= 0.6 is 11.3 Å². The lowest BCUT2D eigenvalue weighted by Gasteiger charge is -2.22. The number of carbonyl (C=O) groups excluding carboxylic acids is 1. The van der Waals surface area contributed by atoms with Crippen molar-refractivity contribution in [2.75, 3.05) is 6.54 Å². The summed E-state index contributed by atoms with van der Waals surface area (Å²) in [4.78, 5) is 19.1. The Morgan fingerprint density at radius 1 is 1.25 bits per heavy atom. The van der Waals surface area contributed by atoms with Gasteiger partial charge in [0.05, 0.1) is 23.7 Å². The first-order chi connectivity index (χ1) is 13.6. The minimum Gasteiger partial charge on any atom is -0.338 e. The minimum atomic E-state index is -0.304. The monoisotopic (exact) mass is 393 g/mol. The summed E-state index contributed by atoms with van der Waals surface area (Å²) in [6.45, 7) is 3.18. The Hall–Kier alpha value is -3.04. The summed E-state index contributed by atoms with van der Waals surface area (Å²) in [6.07, 6.45) is 1.07. The number of hydrogen-bond donors (Lipinski definition) is 0. The van der Waals surface area contributed by atoms with Crippen LogP contribution in [0.3, 0.4) is 0 Å². The van der Waals surface area contributed by atoms with Crippen LogP contribution in [0.25, 0.3) is 10.6 Å². The third kappa shape index (κ3) is 5.02. The first-order valence-corrected chi connectivity index (χ1v) is 9.94. The first-order valence-electron chi connectivity index (χ1n) is 9.06. The van der Waals surface area contributed by atoms with E-state index in [1.165, 1.54) is 23.5 Å². The van der Waals surface area contributed by atoms with Crippen molar-refractivity contribution in [1.29, 1.82) is 5.26 Å². The van der Waals surface area contributed by atoms with Crippen molar-refractivity contribution in [3.63, 3.8) is 0 Å². The maximum Gasteiger partial charge on any atom is 0.228 e. The van der Waals surface area contributed by atoms with Crippen molar-refractivity contribution >= 4 is 17.2 Å². The molecule has 1 aromatic heterocycles. The van der Waals surface area contributed by atoms with Crippen LogP contribution in [-0.4, -0.2) is 22.3 Å². The van der Waals surface area contributed by atoms with Crippen molar-refractivity contribution in [2.24, 2.45) is 0 Å². The van der Waals surface area contributed by atoms with E-state index in [0.29, 0.717) is 34.9 Å². The molecule has 0 N–H and O–H groups in total. The SMILES string of the molecule is CCCN(Cc1ccc(C#N)cc1)C(=O)Cc1csc(-c2cccc(F)c2)n1. The Morgan fingerprint density at radius 3 is 2.71 bits per heavy atom. The summed E-state index contributed by atoms with van der Waals surface area (Å²) < 4.78 is 13.4. The summed E-state index contributed by atoms with van der Waals surface area (Å²) >= 11 is 1.41. The van der Waals surface area contributed by atoms with Crippen molar-refractivity contribution < 1.29 is 9.18 Å². The molecule has 0 fully saturated rings. The Labute approximate surface area is 167 Å². The number of nitrogens with zero attached hydrogens (tertiary/aromatic N) is 3. The normalized spacial score (nSPS) is 10.5. The number of thiazole rings is 1. The summed E-state index contributed by atoms with van der Waals surface area (Å²) in [5.41, 5.74) is 2.99. The molecule has 0 spiro atoms. The fraction of sp³-hybridized carbons (Fsp3) is 0.227. The van der Waals surface area contributed by atoms with Crippen molar-refractivity contribution in [1.82, 2.24) is 9.88 Å². The largest absolute Gasteiger partial charge is 0.338 e. The van der Waals surface area contributed by atoms with Gasteiger partial charge in [-0.15, -0.1) is 11.3 Å². The highest BCUT2D eigenvalue weighted by atomic mass is 32.1. The Balaban J connectivity index is 1.69. The van der Waals surface area contributed by atoms with Crippen LogP contribution in [0.4, 0.5) is 4.39 Å². The molecular weight excluding hydrogens is 373 g/mol. The van der Waals surface area contributed by atoms with Crippen LogP contribution in [0.1, 0.15) is 30.2 Å². The molecular formula is C22H20FN3OS. The number of rotatable bonds is 7. The molecule has 1 amide bonds. The number of amides is 1. The second-order valence-electron chi connectivity index (χ2n) is 6.46. The van der Waals surface area contributed by atoms with Crippen molar-refractivity contribution in [3.05, 3.63) is 76.5 Å². The molecule has 142 valence electrons. The molecule has 2 aromatic carbocycles. The zero-order chi connectivity index (χ0) is 19.9. The quantitative estimate of drug-likeness (QED) is 0.579. The summed E-state index contributed by atoms with van der Waals surface area (Å²) in [7, 11) is 0. The fourth-order valence-corrected chi connectivity index (χ4v) is 3.69. The lowest BCUT2D eigenvalue weighted by Crippen LogP contribution is -2.32. The number of hydrogen-bond acceptors (Lipinski definition) is 4. The van der Waals surface area contributed by atoms with Gasteiger partial charge in [0, 0.05) is 24.0 Å². The van der Waals surface area contributed by atoms with E-state index in [1.54, 1.807) is 18.2 Å². The molecule has 3 rings (SSSR count). The second kappa shape index (κ2) is 9.25. The molecule has 0 aliphatic rings. The standard InChI is InChI=1S/C22H20FN3OS/c1-2-10-26(14-17-8-6-16(13-24)7-9-17)21(27)12-20-15-28-22(25-20)18-4-3-5-19(23)11-18/h3-9,11,15H,2,10,12,14H2,1H3. The number of aromatic nitrogens is 1. The molecule has 0 unspecified atom stereocenters. The molecule has 0 saturated carbocycles. The van der Waals surface area contributed by atoms with Gasteiger partial charge in [-0.2, -0.15) is 5.26 Å². The summed E-state index contributed by atoms with van der Waals surface area (Å²) in [5, 5.41) is 11.5. The molecule has 0 aliphatic heterocycles. The molecule has 0 atom stereocenters.